The molecule has 0 fully saturated rings. The number of halogens is 1. The summed E-state index contributed by atoms with van der Waals surface area (Å²) in [7, 11) is 0. The van der Waals surface area contributed by atoms with E-state index < -0.39 is 11.7 Å². The zero-order chi connectivity index (χ0) is 23.2. The Kier molecular flexibility index (Phi) is 7.03. The molecule has 0 atom stereocenters. The van der Waals surface area contributed by atoms with Crippen molar-refractivity contribution in [3.05, 3.63) is 95.1 Å². The number of aromatic nitrogens is 2. The van der Waals surface area contributed by atoms with E-state index in [1.807, 2.05) is 24.3 Å². The highest BCUT2D eigenvalue weighted by molar-refractivity contribution is 5.94. The molecule has 4 rings (SSSR count). The van der Waals surface area contributed by atoms with Crippen molar-refractivity contribution in [1.29, 1.82) is 0 Å². The van der Waals surface area contributed by atoms with Crippen molar-refractivity contribution in [2.45, 2.75) is 33.2 Å². The largest absolute Gasteiger partial charge is 0.491 e. The maximum atomic E-state index is 13.8. The summed E-state index contributed by atoms with van der Waals surface area (Å²) >= 11 is 0. The minimum atomic E-state index is -0.513. The Labute approximate surface area is 193 Å². The van der Waals surface area contributed by atoms with Gasteiger partial charge < -0.3 is 14.6 Å². The van der Waals surface area contributed by atoms with Crippen molar-refractivity contribution in [2.24, 2.45) is 0 Å². The van der Waals surface area contributed by atoms with E-state index in [9.17, 15) is 9.18 Å². The van der Waals surface area contributed by atoms with Gasteiger partial charge in [0.05, 0.1) is 23.1 Å². The minimum absolute atomic E-state index is 0.0632. The second-order valence-electron chi connectivity index (χ2n) is 8.13. The van der Waals surface area contributed by atoms with Gasteiger partial charge in [0.25, 0.3) is 5.91 Å². The number of fused-ring (bicyclic) bond motifs is 1. The molecule has 0 aliphatic rings. The van der Waals surface area contributed by atoms with E-state index in [0.717, 1.165) is 28.2 Å². The summed E-state index contributed by atoms with van der Waals surface area (Å²) in [6, 6.07) is 20.2. The first-order chi connectivity index (χ1) is 16.0. The second kappa shape index (κ2) is 10.3. The van der Waals surface area contributed by atoms with E-state index in [1.165, 1.54) is 17.7 Å². The highest BCUT2D eigenvalue weighted by atomic mass is 19.1. The summed E-state index contributed by atoms with van der Waals surface area (Å²) in [5.74, 6) is 0.923. The molecule has 3 aromatic carbocycles. The molecule has 0 saturated carbocycles. The summed E-state index contributed by atoms with van der Waals surface area (Å²) in [6.07, 6.45) is 1.39. The van der Waals surface area contributed by atoms with Crippen LogP contribution in [0, 0.1) is 19.7 Å². The Morgan fingerprint density at radius 1 is 1.06 bits per heavy atom. The third-order valence-corrected chi connectivity index (χ3v) is 5.62. The normalized spacial score (nSPS) is 11.0. The van der Waals surface area contributed by atoms with E-state index >= 15 is 0 Å². The molecule has 1 aromatic heterocycles. The van der Waals surface area contributed by atoms with Crippen LogP contribution in [0.4, 0.5) is 4.39 Å². The molecule has 0 aliphatic heterocycles. The Morgan fingerprint density at radius 2 is 1.85 bits per heavy atom. The molecular weight excluding hydrogens is 417 g/mol. The van der Waals surface area contributed by atoms with Crippen molar-refractivity contribution < 1.29 is 13.9 Å². The second-order valence-corrected chi connectivity index (χ2v) is 8.13. The van der Waals surface area contributed by atoms with Crippen LogP contribution >= 0.6 is 0 Å². The number of para-hydroxylation sites is 2. The Morgan fingerprint density at radius 3 is 2.67 bits per heavy atom. The van der Waals surface area contributed by atoms with Crippen molar-refractivity contribution in [1.82, 2.24) is 14.9 Å². The molecule has 33 heavy (non-hydrogen) atoms. The number of nitrogens with zero attached hydrogens (tertiary/aromatic N) is 2. The highest BCUT2D eigenvalue weighted by Gasteiger charge is 2.13. The fourth-order valence-corrected chi connectivity index (χ4v) is 3.96. The van der Waals surface area contributed by atoms with Gasteiger partial charge in [-0.25, -0.2) is 9.37 Å². The first-order valence-electron chi connectivity index (χ1n) is 11.2. The number of imidazole rings is 1. The molecule has 1 amide bonds. The van der Waals surface area contributed by atoms with Crippen LogP contribution in [-0.4, -0.2) is 28.6 Å². The molecule has 0 aliphatic carbocycles. The lowest BCUT2D eigenvalue weighted by atomic mass is 10.1. The Hall–Kier alpha value is -3.67. The zero-order valence-electron chi connectivity index (χ0n) is 19.0. The van der Waals surface area contributed by atoms with Gasteiger partial charge in [-0.3, -0.25) is 4.79 Å². The number of hydrogen-bond acceptors (Lipinski definition) is 3. The lowest BCUT2D eigenvalue weighted by Gasteiger charge is -2.13. The molecule has 0 spiro atoms. The molecular formula is C27H28FN3O2. The highest BCUT2D eigenvalue weighted by Crippen LogP contribution is 2.20. The maximum Gasteiger partial charge on any atom is 0.254 e. The van der Waals surface area contributed by atoms with Crippen molar-refractivity contribution in [2.75, 3.05) is 13.2 Å². The predicted molar refractivity (Wildman–Crippen MR) is 128 cm³/mol. The Bertz CT molecular complexity index is 1270. The summed E-state index contributed by atoms with van der Waals surface area (Å²) in [6.45, 7) is 5.76. The van der Waals surface area contributed by atoms with E-state index in [1.54, 1.807) is 12.1 Å². The molecule has 170 valence electrons. The molecule has 0 saturated heterocycles. The van der Waals surface area contributed by atoms with Gasteiger partial charge in [-0.05, 0) is 56.2 Å². The smallest absolute Gasteiger partial charge is 0.254 e. The number of rotatable bonds is 9. The summed E-state index contributed by atoms with van der Waals surface area (Å²) in [5.41, 5.74) is 4.40. The van der Waals surface area contributed by atoms with E-state index in [4.69, 9.17) is 9.72 Å². The first-order valence-corrected chi connectivity index (χ1v) is 11.2. The van der Waals surface area contributed by atoms with Crippen molar-refractivity contribution in [3.8, 4) is 5.75 Å². The average molecular weight is 446 g/mol. The van der Waals surface area contributed by atoms with Crippen LogP contribution in [0.1, 0.15) is 33.7 Å². The number of amides is 1. The number of nitrogens with one attached hydrogen (secondary N) is 1. The maximum absolute atomic E-state index is 13.8. The molecule has 1 heterocycles. The summed E-state index contributed by atoms with van der Waals surface area (Å²) < 4.78 is 22.0. The number of carbonyl (C=O) groups is 1. The van der Waals surface area contributed by atoms with Crippen LogP contribution in [0.3, 0.4) is 0 Å². The molecule has 6 heteroatoms. The number of ether oxygens (including phenoxy) is 1. The average Bonchev–Trinajstić information content (AvgIpc) is 3.16. The van der Waals surface area contributed by atoms with Gasteiger partial charge in [0.2, 0.25) is 0 Å². The van der Waals surface area contributed by atoms with Gasteiger partial charge in [-0.2, -0.15) is 0 Å². The monoisotopic (exact) mass is 445 g/mol. The van der Waals surface area contributed by atoms with Crippen LogP contribution in [0.25, 0.3) is 11.0 Å². The summed E-state index contributed by atoms with van der Waals surface area (Å²) in [5, 5.41) is 2.80. The molecule has 0 bridgehead atoms. The predicted octanol–water partition coefficient (Wildman–Crippen LogP) is 5.23. The van der Waals surface area contributed by atoms with E-state index in [-0.39, 0.29) is 5.56 Å². The van der Waals surface area contributed by atoms with Crippen LogP contribution in [0.15, 0.2) is 66.7 Å². The van der Waals surface area contributed by atoms with Gasteiger partial charge in [-0.1, -0.05) is 42.0 Å². The van der Waals surface area contributed by atoms with Gasteiger partial charge in [0.1, 0.15) is 24.0 Å². The summed E-state index contributed by atoms with van der Waals surface area (Å²) in [4.78, 5) is 17.0. The number of aryl methyl sites for hydroxylation is 3. The fraction of sp³-hybridized carbons (Fsp3) is 0.259. The first kappa shape index (κ1) is 22.5. The van der Waals surface area contributed by atoms with Crippen molar-refractivity contribution >= 4 is 16.9 Å². The number of benzene rings is 3. The van der Waals surface area contributed by atoms with Gasteiger partial charge in [0, 0.05) is 13.0 Å². The van der Waals surface area contributed by atoms with Crippen LogP contribution < -0.4 is 10.1 Å². The fourth-order valence-electron chi connectivity index (χ4n) is 3.96. The third kappa shape index (κ3) is 5.40. The molecule has 5 nitrogen and oxygen atoms in total. The Balaban J connectivity index is 1.38. The minimum Gasteiger partial charge on any atom is -0.491 e. The number of carbonyl (C=O) groups excluding carboxylic acids is 1. The van der Waals surface area contributed by atoms with Gasteiger partial charge in [-0.15, -0.1) is 0 Å². The standard InChI is InChI=1S/C27H28FN3O2/c1-19-13-14-25(20(2)18-19)33-17-16-31-24-11-6-5-10-23(24)30-26(31)12-7-15-29-27(32)21-8-3-4-9-22(21)28/h3-6,8-11,13-14,18H,7,12,15-17H2,1-2H3,(H,29,32). The van der Waals surface area contributed by atoms with Gasteiger partial charge in [0.15, 0.2) is 0 Å². The lowest BCUT2D eigenvalue weighted by Crippen LogP contribution is -2.26. The van der Waals surface area contributed by atoms with Crippen LogP contribution in [0.2, 0.25) is 0 Å². The zero-order valence-corrected chi connectivity index (χ0v) is 19.0. The number of hydrogen-bond donors (Lipinski definition) is 1. The quantitative estimate of drug-likeness (QED) is 0.359. The molecule has 1 N–H and O–H groups in total. The SMILES string of the molecule is Cc1ccc(OCCn2c(CCCNC(=O)c3ccccc3F)nc3ccccc32)c(C)c1. The van der Waals surface area contributed by atoms with Gasteiger partial charge >= 0.3 is 0 Å². The van der Waals surface area contributed by atoms with Crippen LogP contribution in [0.5, 0.6) is 5.75 Å². The molecule has 0 unspecified atom stereocenters. The molecule has 4 aromatic rings. The third-order valence-electron chi connectivity index (χ3n) is 5.62. The van der Waals surface area contributed by atoms with Crippen molar-refractivity contribution in [3.63, 3.8) is 0 Å². The lowest BCUT2D eigenvalue weighted by molar-refractivity contribution is 0.0949. The van der Waals surface area contributed by atoms with Crippen LogP contribution in [-0.2, 0) is 13.0 Å². The van der Waals surface area contributed by atoms with E-state index in [0.29, 0.717) is 32.5 Å². The molecule has 0 radical (unpaired) electrons. The topological polar surface area (TPSA) is 56.1 Å². The van der Waals surface area contributed by atoms with E-state index in [2.05, 4.69) is 41.9 Å².